The first-order valence-electron chi connectivity index (χ1n) is 12.4. The third-order valence-corrected chi connectivity index (χ3v) is 5.76. The van der Waals surface area contributed by atoms with Crippen LogP contribution in [0.1, 0.15) is 71.2 Å². The maximum Gasteiger partial charge on any atom is 0.471 e. The molecule has 1 aromatic rings. The van der Waals surface area contributed by atoms with Crippen molar-refractivity contribution in [3.8, 4) is 0 Å². The van der Waals surface area contributed by atoms with Crippen LogP contribution in [0.15, 0.2) is 30.3 Å². The van der Waals surface area contributed by atoms with Gasteiger partial charge < -0.3 is 19.5 Å². The summed E-state index contributed by atoms with van der Waals surface area (Å²) in [5.41, 5.74) is 0.606. The highest BCUT2D eigenvalue weighted by atomic mass is 19.4. The Bertz CT molecular complexity index is 788. The number of esters is 1. The van der Waals surface area contributed by atoms with E-state index in [1.54, 1.807) is 39.8 Å². The average molecular weight is 520 g/mol. The molecule has 0 heterocycles. The number of hydrogen-bond donors (Lipinski definition) is 1. The number of alkyl halides is 3. The number of carboxylic acid groups (broad SMARTS) is 1. The van der Waals surface area contributed by atoms with Crippen molar-refractivity contribution in [1.29, 1.82) is 0 Å². The molecular weight excluding hydrogens is 479 g/mol. The van der Waals surface area contributed by atoms with Crippen LogP contribution in [0.25, 0.3) is 0 Å². The summed E-state index contributed by atoms with van der Waals surface area (Å²) in [4.78, 5) is 34.7. The van der Waals surface area contributed by atoms with E-state index in [0.717, 1.165) is 4.90 Å². The predicted octanol–water partition coefficient (Wildman–Crippen LogP) is 5.58. The summed E-state index contributed by atoms with van der Waals surface area (Å²) in [5, 5.41) is 9.03. The Hall–Kier alpha value is -2.62. The van der Waals surface area contributed by atoms with Crippen LogP contribution in [-0.2, 0) is 19.1 Å². The fourth-order valence-corrected chi connectivity index (χ4v) is 3.77. The number of nitrogens with zero attached hydrogens (tertiary/aromatic N) is 1. The Morgan fingerprint density at radius 2 is 1.64 bits per heavy atom. The van der Waals surface area contributed by atoms with Crippen molar-refractivity contribution >= 4 is 17.8 Å². The van der Waals surface area contributed by atoms with Gasteiger partial charge in [0.2, 0.25) is 0 Å². The highest BCUT2D eigenvalue weighted by Gasteiger charge is 2.48. The summed E-state index contributed by atoms with van der Waals surface area (Å²) in [7, 11) is 0. The fourth-order valence-electron chi connectivity index (χ4n) is 3.77. The monoisotopic (exact) mass is 519 g/mol. The minimum atomic E-state index is -4.97. The summed E-state index contributed by atoms with van der Waals surface area (Å²) >= 11 is 0. The highest BCUT2D eigenvalue weighted by Crippen LogP contribution is 2.34. The molecule has 0 spiro atoms. The summed E-state index contributed by atoms with van der Waals surface area (Å²) < 4.78 is 48.9. The number of carbonyl (C=O) groups is 3. The number of benzene rings is 1. The van der Waals surface area contributed by atoms with E-state index in [-0.39, 0.29) is 37.8 Å². The number of aliphatic carboxylic acids is 1. The molecule has 7 nitrogen and oxygen atoms in total. The molecule has 1 saturated carbocycles. The summed E-state index contributed by atoms with van der Waals surface area (Å²) in [6.07, 6.45) is -4.36. The predicted molar refractivity (Wildman–Crippen MR) is 131 cm³/mol. The second-order valence-electron chi connectivity index (χ2n) is 8.18. The molecule has 1 fully saturated rings. The van der Waals surface area contributed by atoms with Gasteiger partial charge in [-0.1, -0.05) is 39.0 Å². The van der Waals surface area contributed by atoms with Gasteiger partial charge in [0.1, 0.15) is 0 Å². The van der Waals surface area contributed by atoms with E-state index >= 15 is 0 Å². The van der Waals surface area contributed by atoms with Crippen LogP contribution in [0.2, 0.25) is 0 Å². The lowest BCUT2D eigenvalue weighted by atomic mass is 9.99. The standard InChI is InChI=1S/C15H24F3NO4.C9H10O2.C2H6/c1-4-23-8-9(2)10(3)19(14(22)15(16,17)18)12-6-5-11(7-12)13(20)21;1-2-11-9(10)8-6-4-3-5-7-8;1-2/h9-12H,4-8H2,1-3H3,(H,20,21);3-7H,2H2,1H3;1-2H3/t9-,10+,11+,12-;;/m1../s1. The van der Waals surface area contributed by atoms with Crippen molar-refractivity contribution in [3.05, 3.63) is 35.9 Å². The molecule has 1 aromatic carbocycles. The molecular formula is C26H40F3NO6. The Kier molecular flexibility index (Phi) is 15.7. The van der Waals surface area contributed by atoms with Crippen LogP contribution < -0.4 is 0 Å². The number of carbonyl (C=O) groups excluding carboxylic acids is 2. The summed E-state index contributed by atoms with van der Waals surface area (Å²) in [6, 6.07) is 7.56. The molecule has 206 valence electrons. The fraction of sp³-hybridized carbons (Fsp3) is 0.654. The van der Waals surface area contributed by atoms with Gasteiger partial charge in [-0.05, 0) is 58.1 Å². The van der Waals surface area contributed by atoms with Crippen molar-refractivity contribution in [1.82, 2.24) is 4.90 Å². The minimum Gasteiger partial charge on any atom is -0.481 e. The SMILES string of the molecule is CC.CCOC(=O)c1ccccc1.CCOC[C@@H](C)[C@H](C)N(C(=O)C(F)(F)F)[C@@H]1CC[C@H](C(=O)O)C1. The van der Waals surface area contributed by atoms with Gasteiger partial charge in [0, 0.05) is 18.7 Å². The number of halogens is 3. The topological polar surface area (TPSA) is 93.1 Å². The van der Waals surface area contributed by atoms with Gasteiger partial charge in [-0.25, -0.2) is 4.79 Å². The Morgan fingerprint density at radius 3 is 2.08 bits per heavy atom. The zero-order valence-electron chi connectivity index (χ0n) is 22.0. The van der Waals surface area contributed by atoms with Gasteiger partial charge in [0.25, 0.3) is 0 Å². The zero-order valence-corrected chi connectivity index (χ0v) is 22.0. The minimum absolute atomic E-state index is 0.0584. The lowest BCUT2D eigenvalue weighted by Crippen LogP contribution is -2.53. The first-order valence-corrected chi connectivity index (χ1v) is 12.4. The van der Waals surface area contributed by atoms with E-state index in [1.165, 1.54) is 0 Å². The van der Waals surface area contributed by atoms with Gasteiger partial charge in [-0.3, -0.25) is 9.59 Å². The molecule has 10 heteroatoms. The molecule has 0 aromatic heterocycles. The first kappa shape index (κ1) is 33.4. The Labute approximate surface area is 211 Å². The second-order valence-corrected chi connectivity index (χ2v) is 8.18. The van der Waals surface area contributed by atoms with Crippen molar-refractivity contribution in [3.63, 3.8) is 0 Å². The third kappa shape index (κ3) is 11.0. The number of amides is 1. The number of rotatable bonds is 9. The van der Waals surface area contributed by atoms with E-state index in [1.807, 2.05) is 32.0 Å². The van der Waals surface area contributed by atoms with E-state index in [2.05, 4.69) is 0 Å². The lowest BCUT2D eigenvalue weighted by molar-refractivity contribution is -0.191. The van der Waals surface area contributed by atoms with Crippen LogP contribution in [0, 0.1) is 11.8 Å². The molecule has 1 N–H and O–H groups in total. The van der Waals surface area contributed by atoms with Gasteiger partial charge in [-0.15, -0.1) is 0 Å². The second kappa shape index (κ2) is 16.9. The van der Waals surface area contributed by atoms with E-state index in [0.29, 0.717) is 18.8 Å². The van der Waals surface area contributed by atoms with Crippen molar-refractivity contribution in [2.24, 2.45) is 11.8 Å². The molecule has 0 bridgehead atoms. The normalized spacial score (nSPS) is 18.5. The molecule has 0 saturated heterocycles. The van der Waals surface area contributed by atoms with Crippen LogP contribution in [0.3, 0.4) is 0 Å². The molecule has 36 heavy (non-hydrogen) atoms. The average Bonchev–Trinajstić information content (AvgIpc) is 3.34. The van der Waals surface area contributed by atoms with Gasteiger partial charge >= 0.3 is 24.0 Å². The van der Waals surface area contributed by atoms with Gasteiger partial charge in [0.15, 0.2) is 0 Å². The summed E-state index contributed by atoms with van der Waals surface area (Å²) in [6.45, 7) is 12.0. The van der Waals surface area contributed by atoms with Crippen LogP contribution in [0.5, 0.6) is 0 Å². The molecule has 2 rings (SSSR count). The van der Waals surface area contributed by atoms with Crippen LogP contribution >= 0.6 is 0 Å². The zero-order chi connectivity index (χ0) is 27.9. The van der Waals surface area contributed by atoms with E-state index in [4.69, 9.17) is 14.6 Å². The highest BCUT2D eigenvalue weighted by molar-refractivity contribution is 5.89. The number of hydrogen-bond acceptors (Lipinski definition) is 5. The first-order chi connectivity index (χ1) is 16.9. The van der Waals surface area contributed by atoms with E-state index in [9.17, 15) is 27.6 Å². The largest absolute Gasteiger partial charge is 0.481 e. The maximum absolute atomic E-state index is 12.9. The molecule has 1 amide bonds. The van der Waals surface area contributed by atoms with Crippen molar-refractivity contribution in [2.45, 2.75) is 79.1 Å². The molecule has 0 aliphatic heterocycles. The lowest BCUT2D eigenvalue weighted by Gasteiger charge is -2.38. The van der Waals surface area contributed by atoms with Crippen LogP contribution in [0.4, 0.5) is 13.2 Å². The van der Waals surface area contributed by atoms with Crippen LogP contribution in [-0.4, -0.2) is 65.9 Å². The molecule has 4 atom stereocenters. The van der Waals surface area contributed by atoms with E-state index < -0.39 is 36.1 Å². The quantitative estimate of drug-likeness (QED) is 0.428. The smallest absolute Gasteiger partial charge is 0.471 e. The number of ether oxygens (including phenoxy) is 2. The van der Waals surface area contributed by atoms with Crippen molar-refractivity contribution in [2.75, 3.05) is 19.8 Å². The summed E-state index contributed by atoms with van der Waals surface area (Å²) in [5.74, 6) is -4.16. The molecule has 0 radical (unpaired) electrons. The van der Waals surface area contributed by atoms with Crippen molar-refractivity contribution < 1.29 is 42.1 Å². The molecule has 0 unspecified atom stereocenters. The van der Waals surface area contributed by atoms with Gasteiger partial charge in [0.05, 0.1) is 24.7 Å². The third-order valence-electron chi connectivity index (χ3n) is 5.76. The molecule has 1 aliphatic carbocycles. The Balaban J connectivity index is 0.000000784. The maximum atomic E-state index is 12.9. The Morgan fingerprint density at radius 1 is 1.06 bits per heavy atom. The number of carboxylic acids is 1. The van der Waals surface area contributed by atoms with Gasteiger partial charge in [-0.2, -0.15) is 13.2 Å². The molecule has 1 aliphatic rings.